The molecule has 2 N–H and O–H groups in total. The van der Waals surface area contributed by atoms with E-state index in [0.717, 1.165) is 10.1 Å². The van der Waals surface area contributed by atoms with E-state index in [1.165, 1.54) is 6.20 Å². The number of aryl methyl sites for hydroxylation is 1. The predicted molar refractivity (Wildman–Crippen MR) is 116 cm³/mol. The number of hydrogen-bond acceptors (Lipinski definition) is 5. The summed E-state index contributed by atoms with van der Waals surface area (Å²) in [6.07, 6.45) is -4.94. The summed E-state index contributed by atoms with van der Waals surface area (Å²) in [5, 5.41) is 10.4. The van der Waals surface area contributed by atoms with Crippen LogP contribution in [0.15, 0.2) is 40.1 Å². The van der Waals surface area contributed by atoms with Gasteiger partial charge in [0.1, 0.15) is 38.2 Å². The van der Waals surface area contributed by atoms with Gasteiger partial charge in [0.25, 0.3) is 5.56 Å². The SMILES string of the molecule is Cc1ccc(C(=O)C(O)[C@H]2O[C@@H](n3cc(C#C[Si](C)(C)C)c(=O)[nH]c3=O)C[C@@H]2F)cc1. The van der Waals surface area contributed by atoms with E-state index in [9.17, 15) is 23.9 Å². The molecule has 2 aromatic rings. The maximum Gasteiger partial charge on any atom is 0.330 e. The molecular weight excluding hydrogens is 419 g/mol. The molecule has 0 bridgehead atoms. The molecule has 1 aliphatic heterocycles. The zero-order valence-electron chi connectivity index (χ0n) is 17.8. The number of benzene rings is 1. The first-order valence-electron chi connectivity index (χ1n) is 9.93. The summed E-state index contributed by atoms with van der Waals surface area (Å²) in [5.41, 5.74) is 2.88. The Hall–Kier alpha value is -2.80. The number of alkyl halides is 1. The summed E-state index contributed by atoms with van der Waals surface area (Å²) in [6.45, 7) is 7.89. The Morgan fingerprint density at radius 2 is 1.94 bits per heavy atom. The molecule has 1 aliphatic rings. The van der Waals surface area contributed by atoms with Crippen LogP contribution in [0.5, 0.6) is 0 Å². The third-order valence-electron chi connectivity index (χ3n) is 4.86. The second kappa shape index (κ2) is 8.75. The van der Waals surface area contributed by atoms with Crippen LogP contribution in [0.2, 0.25) is 19.6 Å². The van der Waals surface area contributed by atoms with Gasteiger partial charge in [-0.2, -0.15) is 0 Å². The Labute approximate surface area is 179 Å². The van der Waals surface area contributed by atoms with Gasteiger partial charge in [0.15, 0.2) is 5.78 Å². The molecule has 2 heterocycles. The van der Waals surface area contributed by atoms with Crippen LogP contribution in [0.3, 0.4) is 0 Å². The lowest BCUT2D eigenvalue weighted by atomic mass is 9.99. The number of aliphatic hydroxyl groups is 1. The molecule has 0 saturated carbocycles. The van der Waals surface area contributed by atoms with Crippen LogP contribution in [-0.4, -0.2) is 46.9 Å². The van der Waals surface area contributed by atoms with Gasteiger partial charge in [-0.3, -0.25) is 19.1 Å². The van der Waals surface area contributed by atoms with Gasteiger partial charge in [-0.25, -0.2) is 9.18 Å². The van der Waals surface area contributed by atoms with Crippen LogP contribution in [0, 0.1) is 18.4 Å². The summed E-state index contributed by atoms with van der Waals surface area (Å²) in [5.74, 6) is 2.13. The van der Waals surface area contributed by atoms with Crippen molar-refractivity contribution in [1.82, 2.24) is 9.55 Å². The topological polar surface area (TPSA) is 101 Å². The number of hydrogen-bond donors (Lipinski definition) is 2. The molecule has 1 aromatic carbocycles. The fourth-order valence-corrected chi connectivity index (χ4v) is 3.69. The van der Waals surface area contributed by atoms with E-state index in [-0.39, 0.29) is 17.5 Å². The molecule has 1 saturated heterocycles. The number of aromatic amines is 1. The van der Waals surface area contributed by atoms with Crippen molar-refractivity contribution in [3.05, 3.63) is 68.0 Å². The van der Waals surface area contributed by atoms with Gasteiger partial charge in [0.2, 0.25) is 0 Å². The third-order valence-corrected chi connectivity index (χ3v) is 5.74. The number of ether oxygens (including phenoxy) is 1. The monoisotopic (exact) mass is 444 g/mol. The number of nitrogens with one attached hydrogen (secondary N) is 1. The quantitative estimate of drug-likeness (QED) is 0.426. The third kappa shape index (κ3) is 5.28. The minimum Gasteiger partial charge on any atom is -0.382 e. The number of ketones is 1. The number of carbonyl (C=O) groups excluding carboxylic acids is 1. The number of halogens is 1. The van der Waals surface area contributed by atoms with Crippen LogP contribution in [0.4, 0.5) is 4.39 Å². The van der Waals surface area contributed by atoms with E-state index in [1.54, 1.807) is 24.3 Å². The average Bonchev–Trinajstić information content (AvgIpc) is 3.07. The lowest BCUT2D eigenvalue weighted by Gasteiger charge is -2.20. The van der Waals surface area contributed by atoms with Gasteiger partial charge in [0.05, 0.1) is 0 Å². The first-order valence-corrected chi connectivity index (χ1v) is 13.4. The molecule has 0 amide bonds. The Bertz CT molecular complexity index is 1150. The van der Waals surface area contributed by atoms with Crippen LogP contribution in [0.25, 0.3) is 0 Å². The molecule has 164 valence electrons. The first kappa shape index (κ1) is 22.9. The molecule has 3 rings (SSSR count). The van der Waals surface area contributed by atoms with E-state index in [0.29, 0.717) is 0 Å². The summed E-state index contributed by atoms with van der Waals surface area (Å²) in [4.78, 5) is 39.1. The smallest absolute Gasteiger partial charge is 0.330 e. The molecule has 1 unspecified atom stereocenters. The molecule has 0 spiro atoms. The highest BCUT2D eigenvalue weighted by atomic mass is 28.3. The molecule has 31 heavy (non-hydrogen) atoms. The summed E-state index contributed by atoms with van der Waals surface area (Å²) in [7, 11) is -1.77. The number of aromatic nitrogens is 2. The van der Waals surface area contributed by atoms with Crippen molar-refractivity contribution in [2.45, 2.75) is 57.6 Å². The second-order valence-corrected chi connectivity index (χ2v) is 13.4. The molecular formula is C22H25FN2O5Si. The van der Waals surface area contributed by atoms with Gasteiger partial charge in [-0.1, -0.05) is 55.4 Å². The minimum absolute atomic E-state index is 0.0702. The van der Waals surface area contributed by atoms with Crippen LogP contribution in [0.1, 0.15) is 34.1 Å². The van der Waals surface area contributed by atoms with Crippen LogP contribution >= 0.6 is 0 Å². The Kier molecular flexibility index (Phi) is 6.45. The molecule has 1 aromatic heterocycles. The van der Waals surface area contributed by atoms with Gasteiger partial charge >= 0.3 is 5.69 Å². The fraction of sp³-hybridized carbons (Fsp3) is 0.409. The molecule has 9 heteroatoms. The normalized spacial score (nSPS) is 21.9. The maximum absolute atomic E-state index is 14.7. The van der Waals surface area contributed by atoms with Gasteiger partial charge in [0, 0.05) is 18.2 Å². The van der Waals surface area contributed by atoms with Crippen molar-refractivity contribution >= 4 is 13.9 Å². The largest absolute Gasteiger partial charge is 0.382 e. The van der Waals surface area contributed by atoms with Crippen molar-refractivity contribution in [2.75, 3.05) is 0 Å². The zero-order valence-corrected chi connectivity index (χ0v) is 18.8. The Morgan fingerprint density at radius 3 is 2.55 bits per heavy atom. The number of nitrogens with zero attached hydrogens (tertiary/aromatic N) is 1. The van der Waals surface area contributed by atoms with Crippen LogP contribution in [-0.2, 0) is 4.74 Å². The number of Topliss-reactive ketones (excluding diaryl/α,β-unsaturated/α-hetero) is 1. The van der Waals surface area contributed by atoms with Crippen molar-refractivity contribution in [3.63, 3.8) is 0 Å². The highest BCUT2D eigenvalue weighted by Gasteiger charge is 2.43. The van der Waals surface area contributed by atoms with E-state index in [4.69, 9.17) is 4.74 Å². The predicted octanol–water partition coefficient (Wildman–Crippen LogP) is 1.94. The maximum atomic E-state index is 14.7. The second-order valence-electron chi connectivity index (χ2n) is 8.69. The highest BCUT2D eigenvalue weighted by molar-refractivity contribution is 6.83. The number of carbonyl (C=O) groups is 1. The lowest BCUT2D eigenvalue weighted by Crippen LogP contribution is -2.39. The molecule has 7 nitrogen and oxygen atoms in total. The van der Waals surface area contributed by atoms with Crippen LogP contribution < -0.4 is 11.2 Å². The Balaban J connectivity index is 1.85. The number of H-pyrrole nitrogens is 1. The van der Waals surface area contributed by atoms with E-state index < -0.39 is 49.7 Å². The zero-order chi connectivity index (χ0) is 22.9. The van der Waals surface area contributed by atoms with Crippen molar-refractivity contribution < 1.29 is 19.0 Å². The van der Waals surface area contributed by atoms with Gasteiger partial charge in [-0.15, -0.1) is 5.54 Å². The van der Waals surface area contributed by atoms with Gasteiger partial charge < -0.3 is 9.84 Å². The molecule has 1 fully saturated rings. The van der Waals surface area contributed by atoms with Gasteiger partial charge in [-0.05, 0) is 6.92 Å². The molecule has 0 radical (unpaired) electrons. The number of aliphatic hydroxyl groups excluding tert-OH is 1. The van der Waals surface area contributed by atoms with Crippen molar-refractivity contribution in [3.8, 4) is 11.5 Å². The summed E-state index contributed by atoms with van der Waals surface area (Å²) >= 11 is 0. The van der Waals surface area contributed by atoms with E-state index >= 15 is 0 Å². The standard InChI is InChI=1S/C22H25FN2O5Si/c1-13-5-7-14(8-6-13)18(26)19(27)20-16(23)11-17(30-20)25-12-15(9-10-31(2,3)4)21(28)24-22(25)29/h5-8,12,16-17,19-20,27H,11H2,1-4H3,(H,24,28,29)/t16-,17+,19?,20-/m0/s1. The van der Waals surface area contributed by atoms with E-state index in [1.807, 2.05) is 26.6 Å². The molecule has 0 aliphatic carbocycles. The first-order chi connectivity index (χ1) is 14.5. The Morgan fingerprint density at radius 1 is 1.29 bits per heavy atom. The van der Waals surface area contributed by atoms with Crippen molar-refractivity contribution in [2.24, 2.45) is 0 Å². The fourth-order valence-electron chi connectivity index (χ4n) is 3.18. The number of rotatable bonds is 4. The highest BCUT2D eigenvalue weighted by Crippen LogP contribution is 2.32. The lowest BCUT2D eigenvalue weighted by molar-refractivity contribution is -0.0617. The minimum atomic E-state index is -1.77. The average molecular weight is 445 g/mol. The van der Waals surface area contributed by atoms with Crippen molar-refractivity contribution in [1.29, 1.82) is 0 Å². The molecule has 4 atom stereocenters. The summed E-state index contributed by atoms with van der Waals surface area (Å²) in [6, 6.07) is 6.54. The summed E-state index contributed by atoms with van der Waals surface area (Å²) < 4.78 is 21.3. The van der Waals surface area contributed by atoms with E-state index in [2.05, 4.69) is 16.4 Å².